The van der Waals surface area contributed by atoms with Crippen molar-refractivity contribution in [3.63, 3.8) is 0 Å². The number of carbonyl (C=O) groups excluding carboxylic acids is 1. The molecular formula is C24H21ClN4O3. The van der Waals surface area contributed by atoms with Crippen LogP contribution in [-0.2, 0) is 11.8 Å². The maximum Gasteiger partial charge on any atom is 0.358 e. The average Bonchev–Trinajstić information content (AvgIpc) is 2.82. The van der Waals surface area contributed by atoms with Crippen LogP contribution in [0.3, 0.4) is 0 Å². The van der Waals surface area contributed by atoms with Crippen LogP contribution < -0.4 is 10.9 Å². The molecule has 4 aromatic rings. The summed E-state index contributed by atoms with van der Waals surface area (Å²) >= 11 is 5.96. The zero-order valence-electron chi connectivity index (χ0n) is 17.8. The average molecular weight is 449 g/mol. The summed E-state index contributed by atoms with van der Waals surface area (Å²) in [5.74, 6) is -0.0235. The van der Waals surface area contributed by atoms with Crippen molar-refractivity contribution in [3.8, 4) is 11.4 Å². The third kappa shape index (κ3) is 3.94. The Labute approximate surface area is 189 Å². The highest BCUT2D eigenvalue weighted by molar-refractivity contribution is 6.29. The fourth-order valence-electron chi connectivity index (χ4n) is 3.63. The van der Waals surface area contributed by atoms with Crippen molar-refractivity contribution in [2.24, 2.45) is 7.05 Å². The van der Waals surface area contributed by atoms with Crippen molar-refractivity contribution in [1.82, 2.24) is 14.5 Å². The molecule has 2 heterocycles. The number of esters is 1. The molecule has 32 heavy (non-hydrogen) atoms. The normalized spacial score (nSPS) is 11.9. The zero-order valence-corrected chi connectivity index (χ0v) is 18.6. The number of halogens is 1. The Hall–Kier alpha value is -3.71. The summed E-state index contributed by atoms with van der Waals surface area (Å²) in [7, 11) is 3.00. The van der Waals surface area contributed by atoms with Gasteiger partial charge in [-0.05, 0) is 25.1 Å². The molecule has 0 fully saturated rings. The van der Waals surface area contributed by atoms with Crippen LogP contribution in [0, 0.1) is 0 Å². The summed E-state index contributed by atoms with van der Waals surface area (Å²) in [5.41, 5.74) is 2.67. The lowest BCUT2D eigenvalue weighted by Crippen LogP contribution is -2.21. The van der Waals surface area contributed by atoms with E-state index in [2.05, 4.69) is 10.3 Å². The fourth-order valence-corrected chi connectivity index (χ4v) is 3.77. The van der Waals surface area contributed by atoms with Crippen LogP contribution in [0.25, 0.3) is 22.3 Å². The van der Waals surface area contributed by atoms with Gasteiger partial charge in [0.2, 0.25) is 0 Å². The molecule has 8 heteroatoms. The first-order valence-electron chi connectivity index (χ1n) is 9.97. The third-order valence-electron chi connectivity index (χ3n) is 5.25. The van der Waals surface area contributed by atoms with Crippen molar-refractivity contribution in [2.75, 3.05) is 12.4 Å². The number of hydrogen-bond donors (Lipinski definition) is 1. The molecule has 1 N–H and O–H groups in total. The number of anilines is 1. The Morgan fingerprint density at radius 3 is 2.53 bits per heavy atom. The molecule has 0 spiro atoms. The first-order chi connectivity index (χ1) is 15.4. The first-order valence-corrected chi connectivity index (χ1v) is 10.3. The van der Waals surface area contributed by atoms with Gasteiger partial charge in [0.05, 0.1) is 29.7 Å². The zero-order chi connectivity index (χ0) is 22.8. The van der Waals surface area contributed by atoms with E-state index in [4.69, 9.17) is 21.3 Å². The van der Waals surface area contributed by atoms with Gasteiger partial charge < -0.3 is 10.1 Å². The van der Waals surface area contributed by atoms with Gasteiger partial charge in [0.15, 0.2) is 5.69 Å². The van der Waals surface area contributed by atoms with Gasteiger partial charge in [-0.15, -0.1) is 0 Å². The van der Waals surface area contributed by atoms with E-state index in [1.807, 2.05) is 49.4 Å². The molecule has 1 atom stereocenters. The fraction of sp³-hybridized carbons (Fsp3) is 0.167. The summed E-state index contributed by atoms with van der Waals surface area (Å²) in [6.45, 7) is 1.92. The number of hydrogen-bond acceptors (Lipinski definition) is 6. The van der Waals surface area contributed by atoms with E-state index in [1.54, 1.807) is 29.8 Å². The summed E-state index contributed by atoms with van der Waals surface area (Å²) in [5, 5.41) is 3.98. The van der Waals surface area contributed by atoms with Crippen LogP contribution in [0.5, 0.6) is 0 Å². The Morgan fingerprint density at radius 1 is 1.06 bits per heavy atom. The topological polar surface area (TPSA) is 86.1 Å². The first kappa shape index (κ1) is 21.5. The number of ether oxygens (including phenoxy) is 1. The van der Waals surface area contributed by atoms with Crippen LogP contribution in [0.15, 0.2) is 65.5 Å². The number of nitrogens with zero attached hydrogens (tertiary/aromatic N) is 3. The predicted octanol–water partition coefficient (Wildman–Crippen LogP) is 4.61. The molecule has 2 aromatic carbocycles. The van der Waals surface area contributed by atoms with Crippen molar-refractivity contribution in [3.05, 3.63) is 87.4 Å². The molecule has 0 saturated heterocycles. The predicted molar refractivity (Wildman–Crippen MR) is 125 cm³/mol. The van der Waals surface area contributed by atoms with Crippen LogP contribution in [0.1, 0.15) is 29.0 Å². The number of aromatic nitrogens is 3. The van der Waals surface area contributed by atoms with Gasteiger partial charge in [0, 0.05) is 18.2 Å². The lowest BCUT2D eigenvalue weighted by atomic mass is 10.0. The minimum absolute atomic E-state index is 0.0842. The second-order valence-electron chi connectivity index (χ2n) is 7.30. The molecule has 4 rings (SSSR count). The summed E-state index contributed by atoms with van der Waals surface area (Å²) in [6.07, 6.45) is 0. The molecule has 0 radical (unpaired) electrons. The van der Waals surface area contributed by atoms with Crippen molar-refractivity contribution in [2.45, 2.75) is 13.0 Å². The second-order valence-corrected chi connectivity index (χ2v) is 7.68. The SMILES string of the molecule is COC(=O)c1nc(Cl)ccc1N[C@H](C)c1cccc2c(=O)n(C)c(-c3ccccc3)nc12. The molecule has 2 aromatic heterocycles. The molecular weight excluding hydrogens is 428 g/mol. The minimum Gasteiger partial charge on any atom is -0.464 e. The molecule has 7 nitrogen and oxygen atoms in total. The monoisotopic (exact) mass is 448 g/mol. The van der Waals surface area contributed by atoms with Crippen molar-refractivity contribution >= 4 is 34.2 Å². The standard InChI is InChI=1S/C24H21ClN4O3/c1-14(26-18-12-13-19(25)27-21(18)24(31)32-3)16-10-7-11-17-20(16)28-22(29(2)23(17)30)15-8-5-4-6-9-15/h4-14,26H,1-3H3/t14-/m1/s1. The van der Waals surface area contributed by atoms with Crippen molar-refractivity contribution in [1.29, 1.82) is 0 Å². The third-order valence-corrected chi connectivity index (χ3v) is 5.46. The quantitative estimate of drug-likeness (QED) is 0.354. The van der Waals surface area contributed by atoms with Gasteiger partial charge in [-0.1, -0.05) is 54.1 Å². The van der Waals surface area contributed by atoms with Gasteiger partial charge in [-0.25, -0.2) is 14.8 Å². The van der Waals surface area contributed by atoms with Crippen LogP contribution in [0.4, 0.5) is 5.69 Å². The number of nitrogens with one attached hydrogen (secondary N) is 1. The molecule has 0 unspecified atom stereocenters. The van der Waals surface area contributed by atoms with Gasteiger partial charge in [-0.2, -0.15) is 0 Å². The van der Waals surface area contributed by atoms with Crippen LogP contribution in [0.2, 0.25) is 5.15 Å². The molecule has 0 aliphatic rings. The smallest absolute Gasteiger partial charge is 0.358 e. The van der Waals surface area contributed by atoms with E-state index in [9.17, 15) is 9.59 Å². The maximum absolute atomic E-state index is 13.1. The van der Waals surface area contributed by atoms with E-state index in [1.165, 1.54) is 7.11 Å². The summed E-state index contributed by atoms with van der Waals surface area (Å²) < 4.78 is 6.38. The molecule has 0 aliphatic heterocycles. The highest BCUT2D eigenvalue weighted by atomic mass is 35.5. The Bertz CT molecular complexity index is 1370. The highest BCUT2D eigenvalue weighted by Crippen LogP contribution is 2.28. The van der Waals surface area contributed by atoms with Crippen molar-refractivity contribution < 1.29 is 9.53 Å². The van der Waals surface area contributed by atoms with E-state index in [0.29, 0.717) is 22.4 Å². The number of fused-ring (bicyclic) bond motifs is 1. The molecule has 162 valence electrons. The molecule has 0 aliphatic carbocycles. The molecule has 0 amide bonds. The second kappa shape index (κ2) is 8.80. The lowest BCUT2D eigenvalue weighted by Gasteiger charge is -2.19. The maximum atomic E-state index is 13.1. The van der Waals surface area contributed by atoms with Crippen LogP contribution >= 0.6 is 11.6 Å². The number of carbonyl (C=O) groups is 1. The largest absolute Gasteiger partial charge is 0.464 e. The van der Waals surface area contributed by atoms with Crippen LogP contribution in [-0.4, -0.2) is 27.6 Å². The minimum atomic E-state index is -0.599. The van der Waals surface area contributed by atoms with Gasteiger partial charge in [-0.3, -0.25) is 9.36 Å². The number of pyridine rings is 1. The number of methoxy groups -OCH3 is 1. The number of benzene rings is 2. The van der Waals surface area contributed by atoms with Gasteiger partial charge in [0.25, 0.3) is 5.56 Å². The summed E-state index contributed by atoms with van der Waals surface area (Å²) in [6, 6.07) is 18.0. The summed E-state index contributed by atoms with van der Waals surface area (Å²) in [4.78, 5) is 34.2. The molecule has 0 bridgehead atoms. The highest BCUT2D eigenvalue weighted by Gasteiger charge is 2.20. The van der Waals surface area contributed by atoms with E-state index < -0.39 is 5.97 Å². The Kier molecular flexibility index (Phi) is 5.92. The van der Waals surface area contributed by atoms with E-state index in [0.717, 1.165) is 11.1 Å². The van der Waals surface area contributed by atoms with Gasteiger partial charge >= 0.3 is 5.97 Å². The number of para-hydroxylation sites is 1. The van der Waals surface area contributed by atoms with E-state index in [-0.39, 0.29) is 22.4 Å². The number of rotatable bonds is 5. The molecule has 0 saturated carbocycles. The Balaban J connectivity index is 1.83. The van der Waals surface area contributed by atoms with Gasteiger partial charge in [0.1, 0.15) is 11.0 Å². The Morgan fingerprint density at radius 2 is 1.81 bits per heavy atom. The van der Waals surface area contributed by atoms with E-state index >= 15 is 0 Å². The lowest BCUT2D eigenvalue weighted by molar-refractivity contribution is 0.0595.